The summed E-state index contributed by atoms with van der Waals surface area (Å²) in [5, 5.41) is 8.36. The van der Waals surface area contributed by atoms with Crippen LogP contribution in [-0.2, 0) is 14.3 Å². The van der Waals surface area contributed by atoms with E-state index in [1.807, 2.05) is 6.92 Å². The molecule has 0 aromatic carbocycles. The molecule has 0 aromatic heterocycles. The number of esters is 1. The number of aliphatic hydroxyl groups excluding tert-OH is 1. The first-order valence-corrected chi connectivity index (χ1v) is 4.65. The van der Waals surface area contributed by atoms with E-state index >= 15 is 0 Å². The Kier molecular flexibility index (Phi) is 9.03. The van der Waals surface area contributed by atoms with Gasteiger partial charge in [0, 0.05) is 6.42 Å². The number of hydrogen-bond donors (Lipinski definition) is 1. The first-order chi connectivity index (χ1) is 6.31. The Labute approximate surface area is 78.8 Å². The van der Waals surface area contributed by atoms with Crippen LogP contribution < -0.4 is 0 Å². The van der Waals surface area contributed by atoms with Crippen molar-refractivity contribution >= 4 is 5.97 Å². The van der Waals surface area contributed by atoms with Crippen LogP contribution in [0.15, 0.2) is 0 Å². The van der Waals surface area contributed by atoms with Crippen molar-refractivity contribution in [1.29, 1.82) is 0 Å². The third kappa shape index (κ3) is 9.30. The maximum Gasteiger partial charge on any atom is 0.305 e. The molecule has 78 valence electrons. The Morgan fingerprint density at radius 3 is 2.69 bits per heavy atom. The Hall–Kier alpha value is -0.610. The van der Waals surface area contributed by atoms with Crippen LogP contribution in [0.25, 0.3) is 0 Å². The topological polar surface area (TPSA) is 55.8 Å². The fourth-order valence-corrected chi connectivity index (χ4v) is 0.774. The predicted molar refractivity (Wildman–Crippen MR) is 48.4 cm³/mol. The molecule has 0 amide bonds. The molecular weight excluding hydrogens is 172 g/mol. The Morgan fingerprint density at radius 2 is 2.08 bits per heavy atom. The highest BCUT2D eigenvalue weighted by molar-refractivity contribution is 5.69. The number of unbranched alkanes of at least 4 members (excludes halogenated alkanes) is 1. The standard InChI is InChI=1S/C9H18O4/c1-2-3-4-9(11)13-8-7-12-6-5-10/h10H,2-8H2,1H3. The Balaban J connectivity index is 3.08. The minimum absolute atomic E-state index is 0.00375. The van der Waals surface area contributed by atoms with E-state index in [9.17, 15) is 4.79 Å². The Morgan fingerprint density at radius 1 is 1.31 bits per heavy atom. The van der Waals surface area contributed by atoms with Gasteiger partial charge in [0.1, 0.15) is 6.61 Å². The molecule has 4 heteroatoms. The molecule has 0 aliphatic rings. The smallest absolute Gasteiger partial charge is 0.305 e. The van der Waals surface area contributed by atoms with Crippen LogP contribution in [0, 0.1) is 0 Å². The van der Waals surface area contributed by atoms with E-state index in [1.165, 1.54) is 0 Å². The van der Waals surface area contributed by atoms with Gasteiger partial charge >= 0.3 is 5.97 Å². The summed E-state index contributed by atoms with van der Waals surface area (Å²) >= 11 is 0. The van der Waals surface area contributed by atoms with E-state index in [0.29, 0.717) is 19.6 Å². The first kappa shape index (κ1) is 12.4. The highest BCUT2D eigenvalue weighted by Gasteiger charge is 2.00. The summed E-state index contributed by atoms with van der Waals surface area (Å²) in [5.74, 6) is -0.172. The first-order valence-electron chi connectivity index (χ1n) is 4.65. The van der Waals surface area contributed by atoms with Crippen LogP contribution in [0.2, 0.25) is 0 Å². The number of carbonyl (C=O) groups excluding carboxylic acids is 1. The second-order valence-electron chi connectivity index (χ2n) is 2.66. The SMILES string of the molecule is CCCCC(=O)OCCOCCO. The maximum absolute atomic E-state index is 10.9. The van der Waals surface area contributed by atoms with E-state index in [-0.39, 0.29) is 19.2 Å². The third-order valence-electron chi connectivity index (χ3n) is 1.46. The maximum atomic E-state index is 10.9. The minimum Gasteiger partial charge on any atom is -0.463 e. The van der Waals surface area contributed by atoms with E-state index in [0.717, 1.165) is 12.8 Å². The zero-order valence-electron chi connectivity index (χ0n) is 8.12. The van der Waals surface area contributed by atoms with Crippen molar-refractivity contribution in [3.63, 3.8) is 0 Å². The quantitative estimate of drug-likeness (QED) is 0.453. The molecule has 0 aliphatic carbocycles. The lowest BCUT2D eigenvalue weighted by Gasteiger charge is -2.04. The summed E-state index contributed by atoms with van der Waals surface area (Å²) < 4.78 is 9.76. The van der Waals surface area contributed by atoms with Gasteiger partial charge in [-0.3, -0.25) is 4.79 Å². The van der Waals surface area contributed by atoms with Gasteiger partial charge in [0.15, 0.2) is 0 Å². The van der Waals surface area contributed by atoms with Gasteiger partial charge in [-0.15, -0.1) is 0 Å². The van der Waals surface area contributed by atoms with Crippen LogP contribution in [0.1, 0.15) is 26.2 Å². The fraction of sp³-hybridized carbons (Fsp3) is 0.889. The lowest BCUT2D eigenvalue weighted by Crippen LogP contribution is -2.11. The van der Waals surface area contributed by atoms with Gasteiger partial charge in [-0.05, 0) is 6.42 Å². The lowest BCUT2D eigenvalue weighted by molar-refractivity contribution is -0.145. The van der Waals surface area contributed by atoms with Crippen molar-refractivity contribution in [1.82, 2.24) is 0 Å². The number of hydrogen-bond acceptors (Lipinski definition) is 4. The van der Waals surface area contributed by atoms with Gasteiger partial charge in [0.2, 0.25) is 0 Å². The van der Waals surface area contributed by atoms with Crippen molar-refractivity contribution in [3.05, 3.63) is 0 Å². The van der Waals surface area contributed by atoms with Gasteiger partial charge in [-0.1, -0.05) is 13.3 Å². The van der Waals surface area contributed by atoms with Gasteiger partial charge in [-0.25, -0.2) is 0 Å². The van der Waals surface area contributed by atoms with Crippen molar-refractivity contribution in [2.75, 3.05) is 26.4 Å². The van der Waals surface area contributed by atoms with Gasteiger partial charge in [-0.2, -0.15) is 0 Å². The molecule has 0 aliphatic heterocycles. The molecule has 0 bridgehead atoms. The van der Waals surface area contributed by atoms with E-state index in [2.05, 4.69) is 0 Å². The van der Waals surface area contributed by atoms with Gasteiger partial charge < -0.3 is 14.6 Å². The molecule has 0 fully saturated rings. The molecule has 0 rings (SSSR count). The van der Waals surface area contributed by atoms with Crippen LogP contribution in [0.3, 0.4) is 0 Å². The molecule has 0 saturated carbocycles. The van der Waals surface area contributed by atoms with Gasteiger partial charge in [0.25, 0.3) is 0 Å². The van der Waals surface area contributed by atoms with Crippen LogP contribution in [0.5, 0.6) is 0 Å². The zero-order chi connectivity index (χ0) is 9.94. The highest BCUT2D eigenvalue weighted by Crippen LogP contribution is 1.95. The molecule has 0 atom stereocenters. The molecule has 0 aromatic rings. The summed E-state index contributed by atoms with van der Waals surface area (Å²) in [4.78, 5) is 10.9. The average Bonchev–Trinajstić information content (AvgIpc) is 2.14. The van der Waals surface area contributed by atoms with E-state index in [4.69, 9.17) is 14.6 Å². The van der Waals surface area contributed by atoms with Crippen LogP contribution >= 0.6 is 0 Å². The number of aliphatic hydroxyl groups is 1. The van der Waals surface area contributed by atoms with Crippen molar-refractivity contribution in [2.45, 2.75) is 26.2 Å². The summed E-state index contributed by atoms with van der Waals surface area (Å²) in [6.07, 6.45) is 2.35. The van der Waals surface area contributed by atoms with Gasteiger partial charge in [0.05, 0.1) is 19.8 Å². The average molecular weight is 190 g/mol. The molecular formula is C9H18O4. The second-order valence-corrected chi connectivity index (χ2v) is 2.66. The summed E-state index contributed by atoms with van der Waals surface area (Å²) in [5.41, 5.74) is 0. The van der Waals surface area contributed by atoms with E-state index in [1.54, 1.807) is 0 Å². The predicted octanol–water partition coefficient (Wildman–Crippen LogP) is 0.729. The van der Waals surface area contributed by atoms with Crippen molar-refractivity contribution < 1.29 is 19.4 Å². The monoisotopic (exact) mass is 190 g/mol. The minimum atomic E-state index is -0.172. The Bertz CT molecular complexity index is 125. The molecule has 0 radical (unpaired) electrons. The summed E-state index contributed by atoms with van der Waals surface area (Å²) in [7, 11) is 0. The normalized spacial score (nSPS) is 10.0. The second kappa shape index (κ2) is 9.48. The van der Waals surface area contributed by atoms with Crippen molar-refractivity contribution in [2.24, 2.45) is 0 Å². The zero-order valence-corrected chi connectivity index (χ0v) is 8.12. The molecule has 0 heterocycles. The molecule has 0 saturated heterocycles. The van der Waals surface area contributed by atoms with E-state index < -0.39 is 0 Å². The molecule has 0 spiro atoms. The molecule has 1 N–H and O–H groups in total. The molecule has 13 heavy (non-hydrogen) atoms. The summed E-state index contributed by atoms with van der Waals surface area (Å²) in [6.45, 7) is 2.97. The fourth-order valence-electron chi connectivity index (χ4n) is 0.774. The highest BCUT2D eigenvalue weighted by atomic mass is 16.6. The number of carbonyl (C=O) groups is 1. The largest absolute Gasteiger partial charge is 0.463 e. The molecule has 4 nitrogen and oxygen atoms in total. The molecule has 0 unspecified atom stereocenters. The third-order valence-corrected chi connectivity index (χ3v) is 1.46. The number of rotatable bonds is 8. The van der Waals surface area contributed by atoms with Crippen LogP contribution in [-0.4, -0.2) is 37.5 Å². The van der Waals surface area contributed by atoms with Crippen LogP contribution in [0.4, 0.5) is 0 Å². The summed E-state index contributed by atoms with van der Waals surface area (Å²) in [6, 6.07) is 0. The number of ether oxygens (including phenoxy) is 2. The van der Waals surface area contributed by atoms with Crippen molar-refractivity contribution in [3.8, 4) is 0 Å². The lowest BCUT2D eigenvalue weighted by atomic mass is 10.2.